The highest BCUT2D eigenvalue weighted by atomic mass is 16.5. The van der Waals surface area contributed by atoms with Crippen LogP contribution in [0.2, 0.25) is 0 Å². The van der Waals surface area contributed by atoms with E-state index in [1.807, 2.05) is 12.1 Å². The highest BCUT2D eigenvalue weighted by Gasteiger charge is 2.21. The van der Waals surface area contributed by atoms with Crippen molar-refractivity contribution < 1.29 is 18.9 Å². The molecule has 0 saturated carbocycles. The number of hydrogen-bond donors (Lipinski definition) is 0. The zero-order chi connectivity index (χ0) is 27.4. The summed E-state index contributed by atoms with van der Waals surface area (Å²) in [5.41, 5.74) is 5.01. The second-order valence-electron chi connectivity index (χ2n) is 10.6. The Morgan fingerprint density at radius 2 is 0.825 bits per heavy atom. The smallest absolute Gasteiger partial charge is 0.126 e. The first kappa shape index (κ1) is 24.6. The first-order chi connectivity index (χ1) is 19.6. The van der Waals surface area contributed by atoms with Crippen LogP contribution in [0, 0.1) is 0 Å². The van der Waals surface area contributed by atoms with Crippen LogP contribution in [0.25, 0.3) is 43.1 Å². The van der Waals surface area contributed by atoms with Crippen molar-refractivity contribution in [1.29, 1.82) is 0 Å². The predicted molar refractivity (Wildman–Crippen MR) is 164 cm³/mol. The van der Waals surface area contributed by atoms with Crippen LogP contribution in [0.3, 0.4) is 0 Å². The van der Waals surface area contributed by atoms with Gasteiger partial charge in [-0.2, -0.15) is 0 Å². The molecule has 0 saturated heterocycles. The summed E-state index contributed by atoms with van der Waals surface area (Å²) in [5, 5.41) is 9.66. The van der Waals surface area contributed by atoms with Gasteiger partial charge in [-0.1, -0.05) is 24.3 Å². The molecule has 4 nitrogen and oxygen atoms in total. The fourth-order valence-electron chi connectivity index (χ4n) is 6.69. The standard InChI is InChI=1S/C36H32O4/c1-37-33-13-14-34(38-2)32-20-30-26-12-9-23-17-35(39-3)25(29-16-22-8-6-5-7-21(22)15-27(23)29)11-10-24(18-36(26)40-4)28(30)19-31(32)33/h5-8,13-20H,9-12H2,1-4H3. The number of methoxy groups -OCH3 is 4. The van der Waals surface area contributed by atoms with E-state index >= 15 is 0 Å². The fourth-order valence-corrected chi connectivity index (χ4v) is 6.69. The molecule has 0 N–H and O–H groups in total. The van der Waals surface area contributed by atoms with Gasteiger partial charge in [-0.3, -0.25) is 0 Å². The van der Waals surface area contributed by atoms with Gasteiger partial charge in [0.25, 0.3) is 0 Å². The summed E-state index contributed by atoms with van der Waals surface area (Å²) in [5.74, 6) is 3.60. The monoisotopic (exact) mass is 528 g/mol. The van der Waals surface area contributed by atoms with Crippen molar-refractivity contribution in [3.63, 3.8) is 0 Å². The van der Waals surface area contributed by atoms with Gasteiger partial charge in [0, 0.05) is 21.9 Å². The van der Waals surface area contributed by atoms with Crippen molar-refractivity contribution >= 4 is 43.1 Å². The van der Waals surface area contributed by atoms with Gasteiger partial charge >= 0.3 is 0 Å². The van der Waals surface area contributed by atoms with E-state index in [1.165, 1.54) is 54.6 Å². The zero-order valence-electron chi connectivity index (χ0n) is 23.4. The lowest BCUT2D eigenvalue weighted by Gasteiger charge is -2.22. The fraction of sp³-hybridized carbons (Fsp3) is 0.222. The van der Waals surface area contributed by atoms with Crippen LogP contribution in [0.5, 0.6) is 23.0 Å². The lowest BCUT2D eigenvalue weighted by Crippen LogP contribution is -2.06. The molecule has 8 rings (SSSR count). The molecule has 0 aromatic heterocycles. The van der Waals surface area contributed by atoms with Gasteiger partial charge in [0.1, 0.15) is 23.0 Å². The van der Waals surface area contributed by atoms with E-state index in [0.29, 0.717) is 0 Å². The normalized spacial score (nSPS) is 13.1. The van der Waals surface area contributed by atoms with Crippen LogP contribution in [-0.2, 0) is 25.7 Å². The molecule has 0 unspecified atom stereocenters. The van der Waals surface area contributed by atoms with Crippen molar-refractivity contribution in [2.75, 3.05) is 28.4 Å². The molecule has 0 spiro atoms. The van der Waals surface area contributed by atoms with Gasteiger partial charge < -0.3 is 18.9 Å². The first-order valence-corrected chi connectivity index (χ1v) is 13.8. The Labute approximate surface area is 234 Å². The molecule has 6 aromatic rings. The molecule has 40 heavy (non-hydrogen) atoms. The maximum atomic E-state index is 6.04. The molecule has 6 aromatic carbocycles. The largest absolute Gasteiger partial charge is 0.496 e. The molecule has 4 bridgehead atoms. The molecule has 0 aliphatic heterocycles. The quantitative estimate of drug-likeness (QED) is 0.216. The van der Waals surface area contributed by atoms with E-state index in [4.69, 9.17) is 18.9 Å². The molecule has 0 heterocycles. The number of hydrogen-bond acceptors (Lipinski definition) is 4. The average molecular weight is 529 g/mol. The van der Waals surface area contributed by atoms with Crippen molar-refractivity contribution in [1.82, 2.24) is 0 Å². The van der Waals surface area contributed by atoms with Crippen molar-refractivity contribution in [3.8, 4) is 23.0 Å². The van der Waals surface area contributed by atoms with Crippen LogP contribution in [0.1, 0.15) is 22.3 Å². The van der Waals surface area contributed by atoms with Gasteiger partial charge in [0.2, 0.25) is 0 Å². The minimum atomic E-state index is 0.835. The Morgan fingerprint density at radius 3 is 1.32 bits per heavy atom. The van der Waals surface area contributed by atoms with Crippen LogP contribution < -0.4 is 18.9 Å². The third kappa shape index (κ3) is 3.74. The summed E-state index contributed by atoms with van der Waals surface area (Å²) in [7, 11) is 7.02. The van der Waals surface area contributed by atoms with Crippen molar-refractivity contribution in [3.05, 3.63) is 95.1 Å². The molecular formula is C36H32O4. The van der Waals surface area contributed by atoms with E-state index in [9.17, 15) is 0 Å². The van der Waals surface area contributed by atoms with E-state index in [-0.39, 0.29) is 0 Å². The average Bonchev–Trinajstić information content (AvgIpc) is 2.99. The number of benzene rings is 6. The maximum Gasteiger partial charge on any atom is 0.126 e. The van der Waals surface area contributed by atoms with Gasteiger partial charge in [-0.15, -0.1) is 0 Å². The number of fused-ring (bicyclic) bond motifs is 6. The molecule has 2 aliphatic carbocycles. The Kier molecular flexibility index (Phi) is 5.92. The first-order valence-electron chi connectivity index (χ1n) is 13.8. The summed E-state index contributed by atoms with van der Waals surface area (Å²) >= 11 is 0. The highest BCUT2D eigenvalue weighted by molar-refractivity contribution is 6.07. The Bertz CT molecular complexity index is 1950. The van der Waals surface area contributed by atoms with E-state index in [1.54, 1.807) is 28.4 Å². The summed E-state index contributed by atoms with van der Waals surface area (Å²) in [6.45, 7) is 0. The van der Waals surface area contributed by atoms with Gasteiger partial charge in [-0.05, 0) is 118 Å². The SMILES string of the molecule is COc1cc2c3cc4ccccc4cc3c1CCc1cc(OC)c(c3cc4c(OC)ccc(OC)c4cc13)CC2. The maximum absolute atomic E-state index is 6.04. The molecular weight excluding hydrogens is 496 g/mol. The van der Waals surface area contributed by atoms with E-state index in [2.05, 4.69) is 60.7 Å². The van der Waals surface area contributed by atoms with E-state index < -0.39 is 0 Å². The summed E-state index contributed by atoms with van der Waals surface area (Å²) in [6.07, 6.45) is 3.40. The summed E-state index contributed by atoms with van der Waals surface area (Å²) in [4.78, 5) is 0. The minimum absolute atomic E-state index is 0.835. The van der Waals surface area contributed by atoms with Crippen LogP contribution >= 0.6 is 0 Å². The lowest BCUT2D eigenvalue weighted by molar-refractivity contribution is 0.407. The lowest BCUT2D eigenvalue weighted by atomic mass is 9.85. The topological polar surface area (TPSA) is 36.9 Å². The third-order valence-corrected chi connectivity index (χ3v) is 8.68. The molecule has 4 heteroatoms. The van der Waals surface area contributed by atoms with E-state index in [0.717, 1.165) is 59.5 Å². The molecule has 0 radical (unpaired) electrons. The summed E-state index contributed by atoms with van der Waals surface area (Å²) in [6, 6.07) is 26.4. The van der Waals surface area contributed by atoms with Gasteiger partial charge in [0.15, 0.2) is 0 Å². The van der Waals surface area contributed by atoms with Crippen molar-refractivity contribution in [2.24, 2.45) is 0 Å². The number of ether oxygens (including phenoxy) is 4. The Morgan fingerprint density at radius 1 is 0.400 bits per heavy atom. The van der Waals surface area contributed by atoms with Crippen molar-refractivity contribution in [2.45, 2.75) is 25.7 Å². The van der Waals surface area contributed by atoms with Crippen LogP contribution in [-0.4, -0.2) is 28.4 Å². The molecule has 0 atom stereocenters. The Hall–Kier alpha value is -4.44. The number of aryl methyl sites for hydroxylation is 4. The third-order valence-electron chi connectivity index (χ3n) is 8.68. The van der Waals surface area contributed by atoms with Crippen LogP contribution in [0.15, 0.2) is 72.8 Å². The summed E-state index contributed by atoms with van der Waals surface area (Å²) < 4.78 is 23.6. The second kappa shape index (κ2) is 9.63. The Balaban J connectivity index is 1.53. The van der Waals surface area contributed by atoms with Gasteiger partial charge in [-0.25, -0.2) is 0 Å². The predicted octanol–water partition coefficient (Wildman–Crippen LogP) is 8.22. The molecule has 0 fully saturated rings. The second-order valence-corrected chi connectivity index (χ2v) is 10.6. The number of rotatable bonds is 4. The molecule has 2 aliphatic rings. The zero-order valence-corrected chi connectivity index (χ0v) is 23.4. The van der Waals surface area contributed by atoms with Gasteiger partial charge in [0.05, 0.1) is 28.4 Å². The highest BCUT2D eigenvalue weighted by Crippen LogP contribution is 2.43. The molecule has 200 valence electrons. The minimum Gasteiger partial charge on any atom is -0.496 e. The molecule has 0 amide bonds. The van der Waals surface area contributed by atoms with Crippen LogP contribution in [0.4, 0.5) is 0 Å².